The van der Waals surface area contributed by atoms with E-state index in [2.05, 4.69) is 0 Å². The molecule has 0 aliphatic carbocycles. The van der Waals surface area contributed by atoms with Crippen molar-refractivity contribution >= 4 is 74.9 Å². The van der Waals surface area contributed by atoms with Gasteiger partial charge in [-0.05, 0) is 0 Å². The maximum absolute atomic E-state index is 8.88. The summed E-state index contributed by atoms with van der Waals surface area (Å²) in [5.41, 5.74) is 0. The van der Waals surface area contributed by atoms with Crippen molar-refractivity contribution in [3.63, 3.8) is 0 Å². The van der Waals surface area contributed by atoms with Crippen molar-refractivity contribution in [1.82, 2.24) is 0 Å². The van der Waals surface area contributed by atoms with Gasteiger partial charge in [-0.1, -0.05) is 7.43 Å². The summed E-state index contributed by atoms with van der Waals surface area (Å²) in [6.07, 6.45) is 0. The summed E-state index contributed by atoms with van der Waals surface area (Å²) in [4.78, 5) is 64.7. The van der Waals surface area contributed by atoms with Crippen LogP contribution in [0.4, 0.5) is 0 Å². The van der Waals surface area contributed by atoms with E-state index in [0.717, 1.165) is 0 Å². The first-order valence-electron chi connectivity index (χ1n) is 2.35. The molecule has 0 aromatic heterocycles. The van der Waals surface area contributed by atoms with Crippen LogP contribution in [0.25, 0.3) is 0 Å². The van der Waals surface area contributed by atoms with Gasteiger partial charge in [0, 0.05) is 0 Å². The Kier molecular flexibility index (Phi) is 24.0. The number of hydrogen-bond acceptors (Lipinski definition) is 3. The molecule has 0 heterocycles. The van der Waals surface area contributed by atoms with Crippen molar-refractivity contribution in [1.29, 1.82) is 0 Å². The standard InChI is InChI=1S/CH4.K.3H3O4P.H/c;;3*1-5(2,3)4;/h1H4;;3*(H3,1,2,3,4);. The Hall–Kier alpha value is 1.97. The third-order valence-electron chi connectivity index (χ3n) is 0. The summed E-state index contributed by atoms with van der Waals surface area (Å²) >= 11 is 0. The zero-order valence-corrected chi connectivity index (χ0v) is 9.27. The second-order valence-electron chi connectivity index (χ2n) is 1.54. The SMILES string of the molecule is C.O=P(O)(O)O.O=P(O)(O)O.O=P(O)(O)O.[KH]. The minimum absolute atomic E-state index is 0. The third kappa shape index (κ3) is 1180. The molecule has 0 aliphatic heterocycles. The zero-order chi connectivity index (χ0) is 13.5. The molecule has 0 unspecified atom stereocenters. The topological polar surface area (TPSA) is 233 Å². The van der Waals surface area contributed by atoms with Crippen molar-refractivity contribution in [3.8, 4) is 0 Å². The molecule has 0 fully saturated rings. The molecular formula is CH14KO12P3. The van der Waals surface area contributed by atoms with Gasteiger partial charge in [0.25, 0.3) is 0 Å². The van der Waals surface area contributed by atoms with Crippen LogP contribution >= 0.6 is 23.5 Å². The zero-order valence-electron chi connectivity index (χ0n) is 6.59. The molecule has 12 nitrogen and oxygen atoms in total. The Morgan fingerprint density at radius 1 is 0.471 bits per heavy atom. The average molecular weight is 350 g/mol. The van der Waals surface area contributed by atoms with E-state index in [1.54, 1.807) is 0 Å². The molecule has 0 aromatic rings. The first-order chi connectivity index (χ1) is 6.00. The number of hydrogen-bond donors (Lipinski definition) is 9. The third-order valence-corrected chi connectivity index (χ3v) is 0. The van der Waals surface area contributed by atoms with Crippen molar-refractivity contribution in [2.75, 3.05) is 0 Å². The second-order valence-corrected chi connectivity index (χ2v) is 4.62. The van der Waals surface area contributed by atoms with Crippen LogP contribution < -0.4 is 0 Å². The van der Waals surface area contributed by atoms with E-state index in [4.69, 9.17) is 57.7 Å². The molecular weight excluding hydrogens is 336 g/mol. The molecule has 0 radical (unpaired) electrons. The summed E-state index contributed by atoms with van der Waals surface area (Å²) in [6, 6.07) is 0. The van der Waals surface area contributed by atoms with Gasteiger partial charge in [-0.15, -0.1) is 0 Å². The molecule has 0 saturated heterocycles. The molecule has 0 amide bonds. The van der Waals surface area contributed by atoms with E-state index >= 15 is 0 Å². The van der Waals surface area contributed by atoms with E-state index in [-0.39, 0.29) is 58.8 Å². The van der Waals surface area contributed by atoms with Gasteiger partial charge in [-0.3, -0.25) is 0 Å². The van der Waals surface area contributed by atoms with E-state index in [1.165, 1.54) is 0 Å². The average Bonchev–Trinajstić information content (AvgIpc) is 1.41. The fourth-order valence-electron chi connectivity index (χ4n) is 0. The molecule has 0 spiro atoms. The van der Waals surface area contributed by atoms with Gasteiger partial charge >= 0.3 is 74.9 Å². The fourth-order valence-corrected chi connectivity index (χ4v) is 0. The van der Waals surface area contributed by atoms with Crippen LogP contribution in [0.5, 0.6) is 0 Å². The first kappa shape index (κ1) is 31.4. The molecule has 17 heavy (non-hydrogen) atoms. The molecule has 0 saturated carbocycles. The van der Waals surface area contributed by atoms with Crippen molar-refractivity contribution in [3.05, 3.63) is 0 Å². The van der Waals surface area contributed by atoms with Crippen LogP contribution in [-0.4, -0.2) is 95.4 Å². The maximum atomic E-state index is 8.88. The molecule has 9 N–H and O–H groups in total. The molecule has 0 aromatic carbocycles. The Morgan fingerprint density at radius 2 is 0.471 bits per heavy atom. The van der Waals surface area contributed by atoms with E-state index in [0.29, 0.717) is 0 Å². The van der Waals surface area contributed by atoms with Gasteiger partial charge in [0.15, 0.2) is 0 Å². The number of rotatable bonds is 0. The van der Waals surface area contributed by atoms with E-state index < -0.39 is 23.5 Å². The summed E-state index contributed by atoms with van der Waals surface area (Å²) in [5, 5.41) is 0. The number of phosphoric acid groups is 3. The quantitative estimate of drug-likeness (QED) is 0.159. The van der Waals surface area contributed by atoms with Gasteiger partial charge in [-0.25, -0.2) is 13.7 Å². The van der Waals surface area contributed by atoms with Crippen molar-refractivity contribution < 1.29 is 57.7 Å². The van der Waals surface area contributed by atoms with Crippen molar-refractivity contribution in [2.24, 2.45) is 0 Å². The molecule has 0 atom stereocenters. The van der Waals surface area contributed by atoms with Crippen LogP contribution in [0.3, 0.4) is 0 Å². The monoisotopic (exact) mass is 350 g/mol. The van der Waals surface area contributed by atoms with Gasteiger partial charge in [0.2, 0.25) is 0 Å². The van der Waals surface area contributed by atoms with Crippen LogP contribution in [0, 0.1) is 0 Å². The van der Waals surface area contributed by atoms with Crippen LogP contribution in [0.1, 0.15) is 7.43 Å². The predicted octanol–water partition coefficient (Wildman–Crippen LogP) is -2.80. The Bertz CT molecular complexity index is 208. The second kappa shape index (κ2) is 13.0. The van der Waals surface area contributed by atoms with E-state index in [1.807, 2.05) is 0 Å². The normalized spacial score (nSPS) is 10.4. The molecule has 106 valence electrons. The molecule has 0 bridgehead atoms. The predicted molar refractivity (Wildman–Crippen MR) is 56.7 cm³/mol. The van der Waals surface area contributed by atoms with Crippen LogP contribution in [0.15, 0.2) is 0 Å². The molecule has 0 rings (SSSR count). The van der Waals surface area contributed by atoms with E-state index in [9.17, 15) is 0 Å². The van der Waals surface area contributed by atoms with Crippen LogP contribution in [0.2, 0.25) is 0 Å². The molecule has 16 heteroatoms. The summed E-state index contributed by atoms with van der Waals surface area (Å²) in [7, 11) is -13.9. The fraction of sp³-hybridized carbons (Fsp3) is 1.00. The van der Waals surface area contributed by atoms with Gasteiger partial charge in [0.1, 0.15) is 0 Å². The Balaban J connectivity index is -0.0000000400. The van der Waals surface area contributed by atoms with Gasteiger partial charge < -0.3 is 44.0 Å². The Morgan fingerprint density at radius 3 is 0.471 bits per heavy atom. The van der Waals surface area contributed by atoms with Gasteiger partial charge in [0.05, 0.1) is 0 Å². The van der Waals surface area contributed by atoms with Crippen molar-refractivity contribution in [2.45, 2.75) is 7.43 Å². The Labute approximate surface area is 138 Å². The summed E-state index contributed by atoms with van der Waals surface area (Å²) in [5.74, 6) is 0. The summed E-state index contributed by atoms with van der Waals surface area (Å²) in [6.45, 7) is 0. The molecule has 0 aliphatic rings. The summed E-state index contributed by atoms with van der Waals surface area (Å²) < 4.78 is 26.6. The minimum atomic E-state index is -4.64. The van der Waals surface area contributed by atoms with Gasteiger partial charge in [-0.2, -0.15) is 0 Å². The van der Waals surface area contributed by atoms with Crippen LogP contribution in [-0.2, 0) is 13.7 Å². The first-order valence-corrected chi connectivity index (χ1v) is 7.04.